The standard InChI is InChI=1S/C18H13ClF3N3O2S2/c1-2-6-25-16(27)11-5-7-28-15(11)24-17(25)29-9-14(26)23-10-3-4-13(19)12(8-10)18(20,21)22/h2-5,7-8H,1,6,9H2,(H,23,26). The normalized spacial score (nSPS) is 11.6. The number of anilines is 1. The molecule has 152 valence electrons. The van der Waals surface area contributed by atoms with Crippen LogP contribution in [0, 0.1) is 0 Å². The van der Waals surface area contributed by atoms with Crippen LogP contribution in [-0.2, 0) is 17.5 Å². The number of benzene rings is 1. The summed E-state index contributed by atoms with van der Waals surface area (Å²) >= 11 is 7.89. The fourth-order valence-electron chi connectivity index (χ4n) is 2.48. The first-order chi connectivity index (χ1) is 13.7. The third-order valence-electron chi connectivity index (χ3n) is 3.75. The number of nitrogens with zero attached hydrogens (tertiary/aromatic N) is 2. The van der Waals surface area contributed by atoms with Crippen molar-refractivity contribution in [1.82, 2.24) is 9.55 Å². The number of allylic oxidation sites excluding steroid dienone is 1. The molecule has 0 aliphatic heterocycles. The highest BCUT2D eigenvalue weighted by atomic mass is 35.5. The molecular weight excluding hydrogens is 447 g/mol. The molecule has 0 radical (unpaired) electrons. The van der Waals surface area contributed by atoms with E-state index >= 15 is 0 Å². The van der Waals surface area contributed by atoms with E-state index in [9.17, 15) is 22.8 Å². The number of amides is 1. The highest BCUT2D eigenvalue weighted by molar-refractivity contribution is 7.99. The molecule has 1 N–H and O–H groups in total. The summed E-state index contributed by atoms with van der Waals surface area (Å²) in [4.78, 5) is 29.7. The molecule has 1 amide bonds. The van der Waals surface area contributed by atoms with E-state index in [-0.39, 0.29) is 23.5 Å². The van der Waals surface area contributed by atoms with Gasteiger partial charge >= 0.3 is 6.18 Å². The Bertz CT molecular complexity index is 1140. The van der Waals surface area contributed by atoms with Crippen molar-refractivity contribution < 1.29 is 18.0 Å². The second kappa shape index (κ2) is 8.60. The predicted molar refractivity (Wildman–Crippen MR) is 110 cm³/mol. The first-order valence-electron chi connectivity index (χ1n) is 8.09. The highest BCUT2D eigenvalue weighted by Crippen LogP contribution is 2.36. The van der Waals surface area contributed by atoms with Crippen LogP contribution in [0.25, 0.3) is 10.2 Å². The topological polar surface area (TPSA) is 64.0 Å². The van der Waals surface area contributed by atoms with Gasteiger partial charge in [0.05, 0.1) is 21.7 Å². The summed E-state index contributed by atoms with van der Waals surface area (Å²) in [5.74, 6) is -0.694. The van der Waals surface area contributed by atoms with Crippen LogP contribution in [0.3, 0.4) is 0 Å². The van der Waals surface area contributed by atoms with E-state index in [2.05, 4.69) is 16.9 Å². The summed E-state index contributed by atoms with van der Waals surface area (Å²) in [6.45, 7) is 3.83. The maximum absolute atomic E-state index is 12.9. The van der Waals surface area contributed by atoms with Gasteiger partial charge in [-0.15, -0.1) is 17.9 Å². The lowest BCUT2D eigenvalue weighted by Crippen LogP contribution is -2.23. The number of hydrogen-bond acceptors (Lipinski definition) is 5. The van der Waals surface area contributed by atoms with Crippen molar-refractivity contribution in [2.45, 2.75) is 17.9 Å². The van der Waals surface area contributed by atoms with Crippen LogP contribution in [0.1, 0.15) is 5.56 Å². The summed E-state index contributed by atoms with van der Waals surface area (Å²) < 4.78 is 40.2. The van der Waals surface area contributed by atoms with Crippen LogP contribution in [0.4, 0.5) is 18.9 Å². The van der Waals surface area contributed by atoms with Gasteiger partial charge in [0, 0.05) is 12.2 Å². The molecule has 3 rings (SSSR count). The Morgan fingerprint density at radius 3 is 2.83 bits per heavy atom. The average Bonchev–Trinajstić information content (AvgIpc) is 3.12. The minimum absolute atomic E-state index is 0.0301. The lowest BCUT2D eigenvalue weighted by atomic mass is 10.2. The Morgan fingerprint density at radius 1 is 1.38 bits per heavy atom. The van der Waals surface area contributed by atoms with Crippen molar-refractivity contribution in [3.05, 3.63) is 63.2 Å². The Morgan fingerprint density at radius 2 is 2.14 bits per heavy atom. The molecule has 1 aromatic carbocycles. The number of halogens is 4. The molecule has 11 heteroatoms. The summed E-state index contributed by atoms with van der Waals surface area (Å²) in [6.07, 6.45) is -3.09. The minimum atomic E-state index is -4.63. The van der Waals surface area contributed by atoms with E-state index in [1.807, 2.05) is 0 Å². The SMILES string of the molecule is C=CCn1c(SCC(=O)Nc2ccc(Cl)c(C(F)(F)F)c2)nc2sccc2c1=O. The number of carbonyl (C=O) groups is 1. The number of thiophene rings is 1. The molecule has 0 atom stereocenters. The lowest BCUT2D eigenvalue weighted by molar-refractivity contribution is -0.137. The number of aromatic nitrogens is 2. The average molecular weight is 460 g/mol. The second-order valence-electron chi connectivity index (χ2n) is 5.77. The molecule has 29 heavy (non-hydrogen) atoms. The van der Waals surface area contributed by atoms with Gasteiger partial charge in [-0.05, 0) is 29.6 Å². The van der Waals surface area contributed by atoms with Crippen molar-refractivity contribution in [1.29, 1.82) is 0 Å². The quantitative estimate of drug-likeness (QED) is 0.318. The van der Waals surface area contributed by atoms with Crippen molar-refractivity contribution in [3.8, 4) is 0 Å². The molecule has 0 spiro atoms. The van der Waals surface area contributed by atoms with E-state index in [4.69, 9.17) is 11.6 Å². The summed E-state index contributed by atoms with van der Waals surface area (Å²) in [5.41, 5.74) is -1.31. The monoisotopic (exact) mass is 459 g/mol. The highest BCUT2D eigenvalue weighted by Gasteiger charge is 2.33. The number of nitrogens with one attached hydrogen (secondary N) is 1. The van der Waals surface area contributed by atoms with E-state index < -0.39 is 22.7 Å². The lowest BCUT2D eigenvalue weighted by Gasteiger charge is -2.12. The van der Waals surface area contributed by atoms with Gasteiger partial charge in [0.2, 0.25) is 5.91 Å². The van der Waals surface area contributed by atoms with Gasteiger partial charge in [-0.3, -0.25) is 14.2 Å². The predicted octanol–water partition coefficient (Wildman–Crippen LogP) is 5.05. The molecule has 0 saturated heterocycles. The second-order valence-corrected chi connectivity index (χ2v) is 8.01. The van der Waals surface area contributed by atoms with Gasteiger partial charge in [-0.2, -0.15) is 13.2 Å². The number of fused-ring (bicyclic) bond motifs is 1. The summed E-state index contributed by atoms with van der Waals surface area (Å²) in [7, 11) is 0. The van der Waals surface area contributed by atoms with Crippen LogP contribution < -0.4 is 10.9 Å². The third kappa shape index (κ3) is 4.82. The zero-order valence-electron chi connectivity index (χ0n) is 14.6. The molecule has 0 saturated carbocycles. The third-order valence-corrected chi connectivity index (χ3v) is 5.86. The van der Waals surface area contributed by atoms with Gasteiger partial charge in [-0.1, -0.05) is 29.4 Å². The van der Waals surface area contributed by atoms with Crippen LogP contribution >= 0.6 is 34.7 Å². The van der Waals surface area contributed by atoms with Crippen molar-refractivity contribution in [2.24, 2.45) is 0 Å². The van der Waals surface area contributed by atoms with Gasteiger partial charge in [-0.25, -0.2) is 4.98 Å². The number of alkyl halides is 3. The Labute approximate surface area is 176 Å². The van der Waals surface area contributed by atoms with Crippen LogP contribution in [0.2, 0.25) is 5.02 Å². The molecule has 0 bridgehead atoms. The smallest absolute Gasteiger partial charge is 0.325 e. The molecule has 2 heterocycles. The molecular formula is C18H13ClF3N3O2S2. The van der Waals surface area contributed by atoms with Gasteiger partial charge in [0.1, 0.15) is 4.83 Å². The Kier molecular flexibility index (Phi) is 6.35. The molecule has 0 aliphatic rings. The van der Waals surface area contributed by atoms with Crippen molar-refractivity contribution in [2.75, 3.05) is 11.1 Å². The largest absolute Gasteiger partial charge is 0.417 e. The van der Waals surface area contributed by atoms with Crippen LogP contribution in [-0.4, -0.2) is 21.2 Å². The molecule has 0 aliphatic carbocycles. The Hall–Kier alpha value is -2.30. The fourth-order valence-corrected chi connectivity index (χ4v) is 4.32. The number of hydrogen-bond donors (Lipinski definition) is 1. The van der Waals surface area contributed by atoms with Crippen molar-refractivity contribution in [3.63, 3.8) is 0 Å². The van der Waals surface area contributed by atoms with E-state index in [1.165, 1.54) is 28.0 Å². The maximum Gasteiger partial charge on any atom is 0.417 e. The van der Waals surface area contributed by atoms with E-state index in [0.29, 0.717) is 15.4 Å². The molecule has 3 aromatic rings. The molecule has 0 fully saturated rings. The summed E-state index contributed by atoms with van der Waals surface area (Å²) in [5, 5.41) is 4.50. The van der Waals surface area contributed by atoms with E-state index in [0.717, 1.165) is 23.9 Å². The Balaban J connectivity index is 1.77. The molecule has 0 unspecified atom stereocenters. The van der Waals surface area contributed by atoms with Crippen LogP contribution in [0.15, 0.2) is 52.3 Å². The number of carbonyl (C=O) groups excluding carboxylic acids is 1. The number of rotatable bonds is 6. The zero-order valence-corrected chi connectivity index (χ0v) is 17.0. The van der Waals surface area contributed by atoms with Gasteiger partial charge < -0.3 is 5.32 Å². The fraction of sp³-hybridized carbons (Fsp3) is 0.167. The maximum atomic E-state index is 12.9. The summed E-state index contributed by atoms with van der Waals surface area (Å²) in [6, 6.07) is 4.80. The van der Waals surface area contributed by atoms with Gasteiger partial charge in [0.15, 0.2) is 5.16 Å². The minimum Gasteiger partial charge on any atom is -0.325 e. The van der Waals surface area contributed by atoms with Gasteiger partial charge in [0.25, 0.3) is 5.56 Å². The van der Waals surface area contributed by atoms with Crippen LogP contribution in [0.5, 0.6) is 0 Å². The number of thioether (sulfide) groups is 1. The molecule has 5 nitrogen and oxygen atoms in total. The van der Waals surface area contributed by atoms with Crippen molar-refractivity contribution >= 4 is 56.5 Å². The molecule has 2 aromatic heterocycles. The van der Waals surface area contributed by atoms with E-state index in [1.54, 1.807) is 11.4 Å². The first-order valence-corrected chi connectivity index (χ1v) is 10.3. The first kappa shape index (κ1) is 21.4. The zero-order chi connectivity index (χ0) is 21.2.